The van der Waals surface area contributed by atoms with E-state index in [-0.39, 0.29) is 5.97 Å². The van der Waals surface area contributed by atoms with Gasteiger partial charge in [0.05, 0.1) is 17.2 Å². The van der Waals surface area contributed by atoms with E-state index in [1.54, 1.807) is 18.2 Å². The summed E-state index contributed by atoms with van der Waals surface area (Å²) in [6.45, 7) is 0.315. The maximum Gasteiger partial charge on any atom is 0.343 e. The highest BCUT2D eigenvalue weighted by atomic mass is 79.9. The van der Waals surface area contributed by atoms with Crippen LogP contribution in [0.4, 0.5) is 0 Å². The van der Waals surface area contributed by atoms with Crippen LogP contribution < -0.4 is 4.74 Å². The van der Waals surface area contributed by atoms with E-state index in [0.29, 0.717) is 29.3 Å². The molecule has 0 aliphatic carbocycles. The number of rotatable bonds is 5. The summed E-state index contributed by atoms with van der Waals surface area (Å²) in [5.41, 5.74) is 3.64. The van der Waals surface area contributed by atoms with Gasteiger partial charge in [-0.3, -0.25) is 0 Å². The minimum atomic E-state index is -0.374. The Kier molecular flexibility index (Phi) is 5.78. The fraction of sp³-hybridized carbons (Fsp3) is 0.0400. The van der Waals surface area contributed by atoms with Crippen molar-refractivity contribution in [3.63, 3.8) is 0 Å². The summed E-state index contributed by atoms with van der Waals surface area (Å²) in [7, 11) is 0. The van der Waals surface area contributed by atoms with Crippen molar-refractivity contribution in [1.82, 2.24) is 0 Å². The predicted molar refractivity (Wildman–Crippen MR) is 118 cm³/mol. The molecule has 146 valence electrons. The van der Waals surface area contributed by atoms with E-state index in [1.165, 1.54) is 0 Å². The SMILES string of the molecule is N#Cc1ccccc1COc1ccc(/C=C2\C=C(c3ccc(Br)cc3)OC2=O)cc1. The molecule has 3 aromatic rings. The van der Waals surface area contributed by atoms with Gasteiger partial charge >= 0.3 is 5.97 Å². The minimum Gasteiger partial charge on any atom is -0.489 e. The van der Waals surface area contributed by atoms with Gasteiger partial charge in [-0.1, -0.05) is 58.4 Å². The van der Waals surface area contributed by atoms with Crippen LogP contribution in [0, 0.1) is 11.3 Å². The Balaban J connectivity index is 1.46. The molecule has 0 radical (unpaired) electrons. The van der Waals surface area contributed by atoms with E-state index in [4.69, 9.17) is 14.7 Å². The molecule has 4 rings (SSSR count). The van der Waals surface area contributed by atoms with Crippen molar-refractivity contribution in [2.24, 2.45) is 0 Å². The molecule has 1 aliphatic rings. The molecule has 0 atom stereocenters. The molecule has 0 saturated heterocycles. The number of hydrogen-bond acceptors (Lipinski definition) is 4. The molecule has 1 aliphatic heterocycles. The van der Waals surface area contributed by atoms with Gasteiger partial charge in [-0.2, -0.15) is 5.26 Å². The lowest BCUT2D eigenvalue weighted by Gasteiger charge is -2.07. The Morgan fingerprint density at radius 3 is 2.47 bits per heavy atom. The predicted octanol–water partition coefficient (Wildman–Crippen LogP) is 5.88. The van der Waals surface area contributed by atoms with Gasteiger partial charge in [0.25, 0.3) is 0 Å². The summed E-state index contributed by atoms with van der Waals surface area (Å²) in [6.07, 6.45) is 3.53. The summed E-state index contributed by atoms with van der Waals surface area (Å²) >= 11 is 3.40. The highest BCUT2D eigenvalue weighted by molar-refractivity contribution is 9.10. The summed E-state index contributed by atoms with van der Waals surface area (Å²) in [5, 5.41) is 9.16. The number of ether oxygens (including phenoxy) is 2. The highest BCUT2D eigenvalue weighted by Gasteiger charge is 2.21. The zero-order valence-corrected chi connectivity index (χ0v) is 17.4. The molecule has 0 N–H and O–H groups in total. The van der Waals surface area contributed by atoms with Gasteiger partial charge in [-0.15, -0.1) is 0 Å². The van der Waals surface area contributed by atoms with Crippen molar-refractivity contribution in [2.45, 2.75) is 6.61 Å². The molecule has 0 bridgehead atoms. The van der Waals surface area contributed by atoms with Crippen molar-refractivity contribution < 1.29 is 14.3 Å². The first-order valence-corrected chi connectivity index (χ1v) is 10.0. The first kappa shape index (κ1) is 19.7. The molecule has 0 saturated carbocycles. The third-order valence-corrected chi connectivity index (χ3v) is 5.12. The summed E-state index contributed by atoms with van der Waals surface area (Å²) < 4.78 is 12.1. The van der Waals surface area contributed by atoms with E-state index < -0.39 is 0 Å². The molecular weight excluding hydrogens is 442 g/mol. The van der Waals surface area contributed by atoms with E-state index in [9.17, 15) is 4.79 Å². The van der Waals surface area contributed by atoms with Crippen LogP contribution in [0.3, 0.4) is 0 Å². The van der Waals surface area contributed by atoms with Crippen molar-refractivity contribution in [3.8, 4) is 11.8 Å². The van der Waals surface area contributed by atoms with Gasteiger partial charge in [0, 0.05) is 15.6 Å². The number of hydrogen-bond donors (Lipinski definition) is 0. The van der Waals surface area contributed by atoms with Crippen LogP contribution in [-0.4, -0.2) is 5.97 Å². The van der Waals surface area contributed by atoms with Gasteiger partial charge < -0.3 is 9.47 Å². The first-order valence-electron chi connectivity index (χ1n) is 9.25. The zero-order valence-electron chi connectivity index (χ0n) is 15.8. The molecule has 1 heterocycles. The van der Waals surface area contributed by atoms with Crippen LogP contribution in [0.15, 0.2) is 88.9 Å². The van der Waals surface area contributed by atoms with Crippen LogP contribution in [0.1, 0.15) is 22.3 Å². The minimum absolute atomic E-state index is 0.315. The molecule has 0 aromatic heterocycles. The summed E-state index contributed by atoms with van der Waals surface area (Å²) in [6, 6.07) is 24.5. The van der Waals surface area contributed by atoms with Gasteiger partial charge in [0.15, 0.2) is 0 Å². The standard InChI is InChI=1S/C25H16BrNO3/c26-22-9-7-18(8-10-22)24-14-21(25(28)30-24)13-17-5-11-23(12-6-17)29-16-20-4-2-1-3-19(20)15-27/h1-14H,16H2/b21-13+. The number of carbonyl (C=O) groups is 1. The number of nitrogens with zero attached hydrogens (tertiary/aromatic N) is 1. The maximum atomic E-state index is 12.2. The van der Waals surface area contributed by atoms with Crippen LogP contribution in [0.5, 0.6) is 5.75 Å². The van der Waals surface area contributed by atoms with Gasteiger partial charge in [-0.25, -0.2) is 4.79 Å². The maximum absolute atomic E-state index is 12.2. The molecule has 0 amide bonds. The normalized spacial score (nSPS) is 14.2. The van der Waals surface area contributed by atoms with Crippen LogP contribution in [0.25, 0.3) is 11.8 Å². The molecular formula is C25H16BrNO3. The Bertz CT molecular complexity index is 1190. The molecule has 30 heavy (non-hydrogen) atoms. The summed E-state index contributed by atoms with van der Waals surface area (Å²) in [4.78, 5) is 12.2. The Morgan fingerprint density at radius 2 is 1.73 bits per heavy atom. The Morgan fingerprint density at radius 1 is 1.00 bits per heavy atom. The van der Waals surface area contributed by atoms with Crippen molar-refractivity contribution in [1.29, 1.82) is 5.26 Å². The van der Waals surface area contributed by atoms with Gasteiger partial charge in [0.2, 0.25) is 0 Å². The van der Waals surface area contributed by atoms with Crippen molar-refractivity contribution in [3.05, 3.63) is 111 Å². The third-order valence-electron chi connectivity index (χ3n) is 4.59. The molecule has 3 aromatic carbocycles. The molecule has 4 nitrogen and oxygen atoms in total. The number of nitriles is 1. The lowest BCUT2D eigenvalue weighted by molar-refractivity contribution is -0.130. The number of esters is 1. The Labute approximate surface area is 182 Å². The molecule has 0 unspecified atom stereocenters. The number of benzene rings is 3. The second kappa shape index (κ2) is 8.81. The van der Waals surface area contributed by atoms with E-state index >= 15 is 0 Å². The second-order valence-corrected chi connectivity index (χ2v) is 7.55. The zero-order chi connectivity index (χ0) is 20.9. The fourth-order valence-corrected chi connectivity index (χ4v) is 3.27. The highest BCUT2D eigenvalue weighted by Crippen LogP contribution is 2.28. The summed E-state index contributed by atoms with van der Waals surface area (Å²) in [5.74, 6) is 0.848. The third kappa shape index (κ3) is 4.51. The topological polar surface area (TPSA) is 59.3 Å². The number of cyclic esters (lactones) is 1. The average molecular weight is 458 g/mol. The first-order chi connectivity index (χ1) is 14.6. The number of carbonyl (C=O) groups excluding carboxylic acids is 1. The molecule has 0 fully saturated rings. The quantitative estimate of drug-likeness (QED) is 0.354. The monoisotopic (exact) mass is 457 g/mol. The van der Waals surface area contributed by atoms with Crippen molar-refractivity contribution in [2.75, 3.05) is 0 Å². The Hall–Kier alpha value is -3.62. The van der Waals surface area contributed by atoms with E-state index in [1.807, 2.05) is 66.7 Å². The second-order valence-electron chi connectivity index (χ2n) is 6.63. The van der Waals surface area contributed by atoms with Crippen LogP contribution in [-0.2, 0) is 16.1 Å². The molecule has 0 spiro atoms. The van der Waals surface area contributed by atoms with Crippen LogP contribution in [0.2, 0.25) is 0 Å². The van der Waals surface area contributed by atoms with Crippen LogP contribution >= 0.6 is 15.9 Å². The lowest BCUT2D eigenvalue weighted by atomic mass is 10.1. The molecule has 5 heteroatoms. The number of halogens is 1. The lowest BCUT2D eigenvalue weighted by Crippen LogP contribution is -1.98. The average Bonchev–Trinajstić information content (AvgIpc) is 3.14. The van der Waals surface area contributed by atoms with Gasteiger partial charge in [-0.05, 0) is 48.0 Å². The van der Waals surface area contributed by atoms with Gasteiger partial charge in [0.1, 0.15) is 18.1 Å². The largest absolute Gasteiger partial charge is 0.489 e. The van der Waals surface area contributed by atoms with E-state index in [0.717, 1.165) is 21.2 Å². The fourth-order valence-electron chi connectivity index (χ4n) is 3.00. The smallest absolute Gasteiger partial charge is 0.343 e. The van der Waals surface area contributed by atoms with Crippen molar-refractivity contribution >= 4 is 33.7 Å². The van der Waals surface area contributed by atoms with E-state index in [2.05, 4.69) is 22.0 Å².